The highest BCUT2D eigenvalue weighted by molar-refractivity contribution is 7.20. The summed E-state index contributed by atoms with van der Waals surface area (Å²) in [6.07, 6.45) is 0.920. The molecular formula is C11H10OS. The molecule has 0 spiro atoms. The molecule has 0 aliphatic rings. The highest BCUT2D eigenvalue weighted by atomic mass is 32.1. The van der Waals surface area contributed by atoms with Gasteiger partial charge < -0.3 is 0 Å². The lowest BCUT2D eigenvalue weighted by Gasteiger charge is -1.97. The number of thiophene rings is 1. The zero-order chi connectivity index (χ0) is 9.42. The average Bonchev–Trinajstić information content (AvgIpc) is 2.56. The van der Waals surface area contributed by atoms with Crippen LogP contribution in [0.5, 0.6) is 0 Å². The first-order valence-electron chi connectivity index (χ1n) is 4.17. The van der Waals surface area contributed by atoms with Gasteiger partial charge in [0.1, 0.15) is 0 Å². The molecule has 0 aliphatic heterocycles. The molecule has 0 aliphatic carbocycles. The summed E-state index contributed by atoms with van der Waals surface area (Å²) >= 11 is 1.57. The number of aldehydes is 1. The summed E-state index contributed by atoms with van der Waals surface area (Å²) in [5, 5.41) is 1.21. The number of carbonyl (C=O) groups excluding carboxylic acids is 1. The van der Waals surface area contributed by atoms with E-state index in [1.165, 1.54) is 21.2 Å². The van der Waals surface area contributed by atoms with Crippen molar-refractivity contribution in [3.63, 3.8) is 0 Å². The number of hydrogen-bond acceptors (Lipinski definition) is 2. The second-order valence-corrected chi connectivity index (χ2v) is 4.29. The quantitative estimate of drug-likeness (QED) is 0.630. The maximum Gasteiger partial charge on any atom is 0.160 e. The molecule has 0 saturated heterocycles. The molecule has 2 heteroatoms. The van der Waals surface area contributed by atoms with Crippen molar-refractivity contribution < 1.29 is 4.79 Å². The van der Waals surface area contributed by atoms with Crippen LogP contribution in [-0.4, -0.2) is 6.29 Å². The number of hydrogen-bond donors (Lipinski definition) is 0. The van der Waals surface area contributed by atoms with Crippen LogP contribution in [-0.2, 0) is 0 Å². The Balaban J connectivity index is 2.87. The molecule has 1 aromatic carbocycles. The molecule has 0 bridgehead atoms. The molecule has 13 heavy (non-hydrogen) atoms. The topological polar surface area (TPSA) is 17.1 Å². The highest BCUT2D eigenvalue weighted by Gasteiger charge is 2.05. The monoisotopic (exact) mass is 190 g/mol. The van der Waals surface area contributed by atoms with Crippen molar-refractivity contribution in [1.82, 2.24) is 0 Å². The van der Waals surface area contributed by atoms with Crippen LogP contribution in [0.3, 0.4) is 0 Å². The van der Waals surface area contributed by atoms with Gasteiger partial charge in [-0.1, -0.05) is 12.1 Å². The largest absolute Gasteiger partial charge is 0.297 e. The summed E-state index contributed by atoms with van der Waals surface area (Å²) in [5.41, 5.74) is 2.49. The Hall–Kier alpha value is -1.15. The molecule has 0 saturated carbocycles. The van der Waals surface area contributed by atoms with E-state index < -0.39 is 0 Å². The van der Waals surface area contributed by atoms with Gasteiger partial charge in [-0.05, 0) is 36.4 Å². The van der Waals surface area contributed by atoms with E-state index in [0.29, 0.717) is 0 Å². The van der Waals surface area contributed by atoms with E-state index in [1.54, 1.807) is 11.3 Å². The van der Waals surface area contributed by atoms with Crippen molar-refractivity contribution in [1.29, 1.82) is 0 Å². The second kappa shape index (κ2) is 2.96. The van der Waals surface area contributed by atoms with Gasteiger partial charge in [0, 0.05) is 4.70 Å². The Bertz CT molecular complexity index is 429. The smallest absolute Gasteiger partial charge is 0.160 e. The first-order valence-corrected chi connectivity index (χ1v) is 4.99. The molecule has 0 amide bonds. The zero-order valence-corrected chi connectivity index (χ0v) is 8.44. The molecule has 2 aromatic rings. The van der Waals surface area contributed by atoms with E-state index in [2.05, 4.69) is 26.0 Å². The summed E-state index contributed by atoms with van der Waals surface area (Å²) in [7, 11) is 0. The number of fused-ring (bicyclic) bond motifs is 1. The molecule has 0 atom stereocenters. The Morgan fingerprint density at radius 2 is 1.92 bits per heavy atom. The Labute approximate surface area is 81.0 Å². The van der Waals surface area contributed by atoms with Gasteiger partial charge in [0.05, 0.1) is 4.88 Å². The van der Waals surface area contributed by atoms with E-state index in [0.717, 1.165) is 11.2 Å². The molecular weight excluding hydrogens is 180 g/mol. The number of carbonyl (C=O) groups is 1. The van der Waals surface area contributed by atoms with Crippen LogP contribution in [0.2, 0.25) is 0 Å². The number of aryl methyl sites for hydroxylation is 2. The van der Waals surface area contributed by atoms with Crippen molar-refractivity contribution in [3.8, 4) is 0 Å². The molecule has 66 valence electrons. The summed E-state index contributed by atoms with van der Waals surface area (Å²) in [5.74, 6) is 0. The third-order valence-electron chi connectivity index (χ3n) is 2.23. The van der Waals surface area contributed by atoms with Gasteiger partial charge in [0.2, 0.25) is 0 Å². The lowest BCUT2D eigenvalue weighted by atomic mass is 10.1. The normalized spacial score (nSPS) is 10.6. The van der Waals surface area contributed by atoms with Crippen LogP contribution in [0.1, 0.15) is 20.8 Å². The third-order valence-corrected chi connectivity index (χ3v) is 3.43. The van der Waals surface area contributed by atoms with Gasteiger partial charge in [-0.3, -0.25) is 4.79 Å². The van der Waals surface area contributed by atoms with Crippen molar-refractivity contribution >= 4 is 27.7 Å². The molecule has 1 heterocycles. The summed E-state index contributed by atoms with van der Waals surface area (Å²) in [6, 6.07) is 6.16. The number of benzene rings is 1. The van der Waals surface area contributed by atoms with Crippen LogP contribution in [0.15, 0.2) is 18.2 Å². The standard InChI is InChI=1S/C11H10OS/c1-7-3-4-8(2)11-10(7)5-9(6-12)13-11/h3-6H,1-2H3. The SMILES string of the molecule is Cc1ccc(C)c2sc(C=O)cc12. The minimum Gasteiger partial charge on any atom is -0.297 e. The lowest BCUT2D eigenvalue weighted by molar-refractivity contribution is 0.112. The third kappa shape index (κ3) is 1.27. The summed E-state index contributed by atoms with van der Waals surface area (Å²) in [4.78, 5) is 11.4. The van der Waals surface area contributed by atoms with E-state index in [9.17, 15) is 4.79 Å². The maximum atomic E-state index is 10.6. The van der Waals surface area contributed by atoms with Gasteiger partial charge in [-0.25, -0.2) is 0 Å². The van der Waals surface area contributed by atoms with Crippen LogP contribution < -0.4 is 0 Å². The van der Waals surface area contributed by atoms with Crippen molar-refractivity contribution in [3.05, 3.63) is 34.2 Å². The fourth-order valence-electron chi connectivity index (χ4n) is 1.47. The Kier molecular flexibility index (Phi) is 1.93. The molecule has 0 N–H and O–H groups in total. The summed E-state index contributed by atoms with van der Waals surface area (Å²) in [6.45, 7) is 4.15. The fraction of sp³-hybridized carbons (Fsp3) is 0.182. The first kappa shape index (κ1) is 8.45. The minimum absolute atomic E-state index is 0.812. The van der Waals surface area contributed by atoms with Crippen LogP contribution in [0.25, 0.3) is 10.1 Å². The van der Waals surface area contributed by atoms with Crippen molar-refractivity contribution in [2.24, 2.45) is 0 Å². The Morgan fingerprint density at radius 3 is 2.54 bits per heavy atom. The molecule has 1 nitrogen and oxygen atoms in total. The molecule has 0 radical (unpaired) electrons. The van der Waals surface area contributed by atoms with Crippen LogP contribution >= 0.6 is 11.3 Å². The van der Waals surface area contributed by atoms with Gasteiger partial charge in [-0.15, -0.1) is 11.3 Å². The fourth-order valence-corrected chi connectivity index (χ4v) is 2.49. The minimum atomic E-state index is 0.812. The van der Waals surface area contributed by atoms with E-state index in [4.69, 9.17) is 0 Å². The predicted octanol–water partition coefficient (Wildman–Crippen LogP) is 3.33. The van der Waals surface area contributed by atoms with Gasteiger partial charge >= 0.3 is 0 Å². The van der Waals surface area contributed by atoms with Gasteiger partial charge in [0.15, 0.2) is 6.29 Å². The first-order chi connectivity index (χ1) is 6.22. The average molecular weight is 190 g/mol. The molecule has 1 aromatic heterocycles. The number of rotatable bonds is 1. The predicted molar refractivity (Wildman–Crippen MR) is 56.7 cm³/mol. The maximum absolute atomic E-state index is 10.6. The van der Waals surface area contributed by atoms with E-state index in [-0.39, 0.29) is 0 Å². The van der Waals surface area contributed by atoms with Crippen molar-refractivity contribution in [2.75, 3.05) is 0 Å². The van der Waals surface area contributed by atoms with Gasteiger partial charge in [-0.2, -0.15) is 0 Å². The van der Waals surface area contributed by atoms with Crippen molar-refractivity contribution in [2.45, 2.75) is 13.8 Å². The Morgan fingerprint density at radius 1 is 1.23 bits per heavy atom. The molecule has 0 fully saturated rings. The molecule has 0 unspecified atom stereocenters. The van der Waals surface area contributed by atoms with Gasteiger partial charge in [0.25, 0.3) is 0 Å². The van der Waals surface area contributed by atoms with Crippen LogP contribution in [0.4, 0.5) is 0 Å². The van der Waals surface area contributed by atoms with Crippen LogP contribution in [0, 0.1) is 13.8 Å². The zero-order valence-electron chi connectivity index (χ0n) is 7.63. The molecule has 2 rings (SSSR count). The van der Waals surface area contributed by atoms with E-state index in [1.807, 2.05) is 6.07 Å². The van der Waals surface area contributed by atoms with E-state index >= 15 is 0 Å². The lowest BCUT2D eigenvalue weighted by Crippen LogP contribution is -1.75. The summed E-state index contributed by atoms with van der Waals surface area (Å²) < 4.78 is 1.24. The highest BCUT2D eigenvalue weighted by Crippen LogP contribution is 2.29. The second-order valence-electron chi connectivity index (χ2n) is 3.21.